The summed E-state index contributed by atoms with van der Waals surface area (Å²) >= 11 is 7.29. The Morgan fingerprint density at radius 3 is 2.27 bits per heavy atom. The average Bonchev–Trinajstić information content (AvgIpc) is 3.24. The molecule has 0 radical (unpaired) electrons. The number of rotatable bonds is 8. The molecule has 9 nitrogen and oxygen atoms in total. The minimum absolute atomic E-state index is 0.0314. The number of carbonyl (C=O) groups excluding carboxylic acids is 3. The first-order valence-electron chi connectivity index (χ1n) is 9.79. The number of benzene rings is 2. The Kier molecular flexibility index (Phi) is 8.07. The predicted molar refractivity (Wildman–Crippen MR) is 125 cm³/mol. The maximum absolute atomic E-state index is 12.6. The average molecular weight is 489 g/mol. The first kappa shape index (κ1) is 24.3. The number of aromatic nitrogens is 3. The van der Waals surface area contributed by atoms with Gasteiger partial charge in [0.2, 0.25) is 5.91 Å². The smallest absolute Gasteiger partial charge is 0.337 e. The Bertz CT molecular complexity index is 1160. The van der Waals surface area contributed by atoms with Crippen LogP contribution in [0.15, 0.2) is 47.6 Å². The zero-order chi connectivity index (χ0) is 24.0. The molecule has 0 unspecified atom stereocenters. The van der Waals surface area contributed by atoms with Crippen molar-refractivity contribution in [2.75, 3.05) is 25.3 Å². The molecule has 0 saturated carbocycles. The molecule has 3 aromatic rings. The van der Waals surface area contributed by atoms with E-state index in [-0.39, 0.29) is 28.5 Å². The van der Waals surface area contributed by atoms with E-state index in [9.17, 15) is 14.4 Å². The summed E-state index contributed by atoms with van der Waals surface area (Å²) in [7, 11) is 2.45. The van der Waals surface area contributed by atoms with Crippen LogP contribution in [0.3, 0.4) is 0 Å². The molecule has 0 spiro atoms. The lowest BCUT2D eigenvalue weighted by Gasteiger charge is -2.10. The van der Waals surface area contributed by atoms with E-state index < -0.39 is 11.9 Å². The number of halogens is 1. The molecule has 1 amide bonds. The van der Waals surface area contributed by atoms with Crippen molar-refractivity contribution in [1.82, 2.24) is 14.8 Å². The molecule has 3 rings (SSSR count). The number of hydrogen-bond donors (Lipinski definition) is 1. The molecule has 0 aliphatic rings. The van der Waals surface area contributed by atoms with E-state index >= 15 is 0 Å². The Hall–Kier alpha value is -3.37. The quantitative estimate of drug-likeness (QED) is 0.375. The number of carbonyl (C=O) groups is 3. The van der Waals surface area contributed by atoms with Gasteiger partial charge >= 0.3 is 11.9 Å². The Morgan fingerprint density at radius 1 is 1.03 bits per heavy atom. The zero-order valence-corrected chi connectivity index (χ0v) is 19.7. The van der Waals surface area contributed by atoms with Crippen LogP contribution in [-0.2, 0) is 20.8 Å². The largest absolute Gasteiger partial charge is 0.465 e. The van der Waals surface area contributed by atoms with Crippen LogP contribution in [0.2, 0.25) is 5.02 Å². The van der Waals surface area contributed by atoms with Crippen LogP contribution in [0.25, 0.3) is 11.4 Å². The molecular weight excluding hydrogens is 468 g/mol. The molecule has 0 fully saturated rings. The molecule has 11 heteroatoms. The molecule has 2 aromatic carbocycles. The highest BCUT2D eigenvalue weighted by molar-refractivity contribution is 7.99. The van der Waals surface area contributed by atoms with Crippen molar-refractivity contribution >= 4 is 46.9 Å². The second-order valence-corrected chi connectivity index (χ2v) is 8.06. The van der Waals surface area contributed by atoms with Gasteiger partial charge in [0.1, 0.15) is 0 Å². The molecule has 0 bridgehead atoms. The van der Waals surface area contributed by atoms with E-state index in [1.807, 2.05) is 23.6 Å². The van der Waals surface area contributed by atoms with Gasteiger partial charge in [-0.25, -0.2) is 9.59 Å². The molecule has 0 aliphatic heterocycles. The highest BCUT2D eigenvalue weighted by Gasteiger charge is 2.17. The third kappa shape index (κ3) is 5.91. The minimum atomic E-state index is -0.643. The number of anilines is 1. The standard InChI is InChI=1S/C22H21ClN4O5S/c1-4-27-19(13-6-5-7-16(23)9-13)25-26-22(27)33-12-18(28)24-17-10-14(20(29)31-2)8-15(11-17)21(30)32-3/h5-11H,4,12H2,1-3H3,(H,24,28). The summed E-state index contributed by atoms with van der Waals surface area (Å²) in [6.07, 6.45) is 0. The summed E-state index contributed by atoms with van der Waals surface area (Å²) < 4.78 is 11.3. The van der Waals surface area contributed by atoms with Gasteiger partial charge in [-0.15, -0.1) is 10.2 Å². The van der Waals surface area contributed by atoms with Gasteiger partial charge in [0.25, 0.3) is 0 Å². The summed E-state index contributed by atoms with van der Waals surface area (Å²) in [5.74, 6) is -0.960. The van der Waals surface area contributed by atoms with E-state index in [4.69, 9.17) is 21.1 Å². The number of thioether (sulfide) groups is 1. The molecule has 1 heterocycles. The van der Waals surface area contributed by atoms with E-state index in [2.05, 4.69) is 15.5 Å². The van der Waals surface area contributed by atoms with Crippen LogP contribution in [0.1, 0.15) is 27.6 Å². The van der Waals surface area contributed by atoms with Gasteiger partial charge in [-0.2, -0.15) is 0 Å². The zero-order valence-electron chi connectivity index (χ0n) is 18.1. The Morgan fingerprint density at radius 2 is 1.70 bits per heavy atom. The summed E-state index contributed by atoms with van der Waals surface area (Å²) in [5.41, 5.74) is 1.31. The maximum atomic E-state index is 12.6. The Balaban J connectivity index is 1.74. The minimum Gasteiger partial charge on any atom is -0.465 e. The fourth-order valence-corrected chi connectivity index (χ4v) is 4.01. The lowest BCUT2D eigenvalue weighted by molar-refractivity contribution is -0.113. The van der Waals surface area contributed by atoms with Gasteiger partial charge in [-0.1, -0.05) is 35.5 Å². The van der Waals surface area contributed by atoms with Crippen molar-refractivity contribution in [3.8, 4) is 11.4 Å². The van der Waals surface area contributed by atoms with Crippen LogP contribution in [-0.4, -0.2) is 52.6 Å². The number of amides is 1. The van der Waals surface area contributed by atoms with Gasteiger partial charge in [0, 0.05) is 22.8 Å². The topological polar surface area (TPSA) is 112 Å². The van der Waals surface area contributed by atoms with Crippen molar-refractivity contribution in [2.24, 2.45) is 0 Å². The van der Waals surface area contributed by atoms with E-state index in [0.717, 1.165) is 5.56 Å². The normalized spacial score (nSPS) is 10.5. The van der Waals surface area contributed by atoms with Crippen molar-refractivity contribution in [1.29, 1.82) is 0 Å². The second-order valence-electron chi connectivity index (χ2n) is 6.68. The summed E-state index contributed by atoms with van der Waals surface area (Å²) in [5, 5.41) is 12.3. The number of hydrogen-bond acceptors (Lipinski definition) is 8. The molecule has 33 heavy (non-hydrogen) atoms. The molecule has 0 saturated heterocycles. The molecule has 0 atom stereocenters. The molecule has 1 N–H and O–H groups in total. The monoisotopic (exact) mass is 488 g/mol. The molecule has 0 aliphatic carbocycles. The maximum Gasteiger partial charge on any atom is 0.337 e. The van der Waals surface area contributed by atoms with E-state index in [1.165, 1.54) is 44.2 Å². The van der Waals surface area contributed by atoms with Gasteiger partial charge < -0.3 is 19.4 Å². The van der Waals surface area contributed by atoms with Crippen molar-refractivity contribution in [3.63, 3.8) is 0 Å². The van der Waals surface area contributed by atoms with E-state index in [0.29, 0.717) is 22.5 Å². The lowest BCUT2D eigenvalue weighted by Crippen LogP contribution is -2.16. The number of methoxy groups -OCH3 is 2. The van der Waals surface area contributed by atoms with Gasteiger partial charge in [-0.05, 0) is 37.3 Å². The van der Waals surface area contributed by atoms with Crippen LogP contribution < -0.4 is 5.32 Å². The van der Waals surface area contributed by atoms with Crippen LogP contribution in [0.4, 0.5) is 5.69 Å². The highest BCUT2D eigenvalue weighted by Crippen LogP contribution is 2.26. The SMILES string of the molecule is CCn1c(SCC(=O)Nc2cc(C(=O)OC)cc(C(=O)OC)c2)nnc1-c1cccc(Cl)c1. The van der Waals surface area contributed by atoms with Crippen LogP contribution in [0.5, 0.6) is 0 Å². The van der Waals surface area contributed by atoms with Crippen LogP contribution >= 0.6 is 23.4 Å². The van der Waals surface area contributed by atoms with Gasteiger partial charge in [-0.3, -0.25) is 4.79 Å². The molecule has 172 valence electrons. The lowest BCUT2D eigenvalue weighted by atomic mass is 10.1. The fraction of sp³-hybridized carbons (Fsp3) is 0.227. The molecule has 1 aromatic heterocycles. The Labute approximate surface area is 199 Å². The fourth-order valence-electron chi connectivity index (χ4n) is 3.02. The summed E-state index contributed by atoms with van der Waals surface area (Å²) in [6.45, 7) is 2.55. The number of nitrogens with zero attached hydrogens (tertiary/aromatic N) is 3. The van der Waals surface area contributed by atoms with E-state index in [1.54, 1.807) is 12.1 Å². The number of nitrogens with one attached hydrogen (secondary N) is 1. The van der Waals surface area contributed by atoms with Gasteiger partial charge in [0.05, 0.1) is 31.1 Å². The second kappa shape index (κ2) is 11.0. The summed E-state index contributed by atoms with van der Waals surface area (Å²) in [4.78, 5) is 36.4. The van der Waals surface area contributed by atoms with Crippen LogP contribution in [0, 0.1) is 0 Å². The predicted octanol–water partition coefficient (Wildman–Crippen LogP) is 3.92. The van der Waals surface area contributed by atoms with Crippen molar-refractivity contribution < 1.29 is 23.9 Å². The van der Waals surface area contributed by atoms with Gasteiger partial charge in [0.15, 0.2) is 11.0 Å². The first-order chi connectivity index (χ1) is 15.9. The molecular formula is C22H21ClN4O5S. The highest BCUT2D eigenvalue weighted by atomic mass is 35.5. The third-order valence-electron chi connectivity index (χ3n) is 4.51. The third-order valence-corrected chi connectivity index (χ3v) is 5.71. The van der Waals surface area contributed by atoms with Crippen molar-refractivity contribution in [3.05, 3.63) is 58.6 Å². The summed E-state index contributed by atoms with van der Waals surface area (Å²) in [6, 6.07) is 11.5. The number of esters is 2. The first-order valence-corrected chi connectivity index (χ1v) is 11.2. The van der Waals surface area contributed by atoms with Crippen molar-refractivity contribution in [2.45, 2.75) is 18.6 Å². The number of ether oxygens (including phenoxy) is 2.